The van der Waals surface area contributed by atoms with Gasteiger partial charge in [-0.05, 0) is 35.4 Å². The number of carbonyl (C=O) groups excluding carboxylic acids is 4. The fourth-order valence-electron chi connectivity index (χ4n) is 2.82. The Balaban J connectivity index is 1.44. The lowest BCUT2D eigenvalue weighted by Crippen LogP contribution is -2.43. The summed E-state index contributed by atoms with van der Waals surface area (Å²) in [5.74, 6) is -1.75. The van der Waals surface area contributed by atoms with E-state index in [4.69, 9.17) is 0 Å². The monoisotopic (exact) mass is 430 g/mol. The van der Waals surface area contributed by atoms with E-state index in [9.17, 15) is 19.2 Å². The van der Waals surface area contributed by atoms with Gasteiger partial charge in [-0.2, -0.15) is 0 Å². The topological polar surface area (TPSA) is 116 Å². The van der Waals surface area contributed by atoms with Gasteiger partial charge in [0, 0.05) is 11.1 Å². The van der Waals surface area contributed by atoms with Gasteiger partial charge in [0.15, 0.2) is 0 Å². The van der Waals surface area contributed by atoms with Crippen molar-refractivity contribution in [2.75, 3.05) is 0 Å². The largest absolute Gasteiger partial charge is 0.273 e. The zero-order chi connectivity index (χ0) is 22.8. The molecule has 4 amide bonds. The van der Waals surface area contributed by atoms with Crippen LogP contribution in [0.15, 0.2) is 84.9 Å². The Bertz CT molecular complexity index is 996. The van der Waals surface area contributed by atoms with Gasteiger partial charge < -0.3 is 0 Å². The lowest BCUT2D eigenvalue weighted by molar-refractivity contribution is -0.122. The Morgan fingerprint density at radius 1 is 0.469 bits per heavy atom. The molecule has 0 saturated carbocycles. The van der Waals surface area contributed by atoms with Crippen LogP contribution in [0.25, 0.3) is 0 Å². The van der Waals surface area contributed by atoms with Gasteiger partial charge in [-0.25, -0.2) is 0 Å². The molecule has 0 fully saturated rings. The van der Waals surface area contributed by atoms with Crippen LogP contribution in [0.2, 0.25) is 0 Å². The maximum Gasteiger partial charge on any atom is 0.269 e. The van der Waals surface area contributed by atoms with Gasteiger partial charge in [0.25, 0.3) is 11.8 Å². The fraction of sp³-hybridized carbons (Fsp3) is 0.0833. The first kappa shape index (κ1) is 22.2. The molecule has 0 atom stereocenters. The van der Waals surface area contributed by atoms with Crippen molar-refractivity contribution >= 4 is 23.6 Å². The first-order chi connectivity index (χ1) is 15.5. The summed E-state index contributed by atoms with van der Waals surface area (Å²) < 4.78 is 0. The van der Waals surface area contributed by atoms with Crippen LogP contribution in [0.5, 0.6) is 0 Å². The molecule has 0 bridgehead atoms. The van der Waals surface area contributed by atoms with Crippen LogP contribution in [0, 0.1) is 0 Å². The predicted molar refractivity (Wildman–Crippen MR) is 118 cm³/mol. The zero-order valence-corrected chi connectivity index (χ0v) is 17.1. The highest BCUT2D eigenvalue weighted by Gasteiger charge is 2.11. The summed E-state index contributed by atoms with van der Waals surface area (Å²) in [4.78, 5) is 48.2. The van der Waals surface area contributed by atoms with Crippen LogP contribution < -0.4 is 21.7 Å². The molecular weight excluding hydrogens is 408 g/mol. The Hall–Kier alpha value is -4.46. The highest BCUT2D eigenvalue weighted by molar-refractivity contribution is 5.99. The van der Waals surface area contributed by atoms with Crippen LogP contribution >= 0.6 is 0 Å². The van der Waals surface area contributed by atoms with Gasteiger partial charge in [0.2, 0.25) is 11.8 Å². The Labute approximate surface area is 185 Å². The molecule has 8 nitrogen and oxygen atoms in total. The van der Waals surface area contributed by atoms with Crippen molar-refractivity contribution in [3.05, 3.63) is 107 Å². The zero-order valence-electron chi connectivity index (χ0n) is 17.1. The van der Waals surface area contributed by atoms with Crippen molar-refractivity contribution in [3.8, 4) is 0 Å². The minimum Gasteiger partial charge on any atom is -0.273 e. The quantitative estimate of drug-likeness (QED) is 0.445. The SMILES string of the molecule is O=C(Cc1ccccc1)NNC(=O)c1ccc(C(=O)NNC(=O)Cc2ccccc2)cc1. The van der Waals surface area contributed by atoms with Gasteiger partial charge in [0.05, 0.1) is 12.8 Å². The summed E-state index contributed by atoms with van der Waals surface area (Å²) in [5, 5.41) is 0. The summed E-state index contributed by atoms with van der Waals surface area (Å²) in [6.45, 7) is 0. The van der Waals surface area contributed by atoms with Crippen LogP contribution in [0.4, 0.5) is 0 Å². The lowest BCUT2D eigenvalue weighted by Gasteiger charge is -2.09. The summed E-state index contributed by atoms with van der Waals surface area (Å²) in [5.41, 5.74) is 11.5. The Morgan fingerprint density at radius 2 is 0.812 bits per heavy atom. The number of hydrogen-bond acceptors (Lipinski definition) is 4. The van der Waals surface area contributed by atoms with E-state index < -0.39 is 11.8 Å². The molecule has 162 valence electrons. The standard InChI is InChI=1S/C24H22N4O4/c29-21(15-17-7-3-1-4-8-17)25-27-23(31)19-11-13-20(14-12-19)24(32)28-26-22(30)16-18-9-5-2-6-10-18/h1-14H,15-16H2,(H,25,29)(H,26,30)(H,27,31)(H,28,32). The van der Waals surface area contributed by atoms with Gasteiger partial charge in [-0.15, -0.1) is 0 Å². The number of hydrogen-bond donors (Lipinski definition) is 4. The van der Waals surface area contributed by atoms with E-state index in [0.717, 1.165) is 11.1 Å². The van der Waals surface area contributed by atoms with Crippen molar-refractivity contribution in [1.82, 2.24) is 21.7 Å². The molecular formula is C24H22N4O4. The summed E-state index contributed by atoms with van der Waals surface area (Å²) in [7, 11) is 0. The van der Waals surface area contributed by atoms with E-state index >= 15 is 0 Å². The number of hydrazine groups is 2. The first-order valence-corrected chi connectivity index (χ1v) is 9.87. The molecule has 3 aromatic carbocycles. The number of benzene rings is 3. The molecule has 3 rings (SSSR count). The Morgan fingerprint density at radius 3 is 1.16 bits per heavy atom. The lowest BCUT2D eigenvalue weighted by atomic mass is 10.1. The summed E-state index contributed by atoms with van der Waals surface area (Å²) in [6.07, 6.45) is 0.270. The van der Waals surface area contributed by atoms with Crippen LogP contribution in [-0.4, -0.2) is 23.6 Å². The molecule has 0 aromatic heterocycles. The first-order valence-electron chi connectivity index (χ1n) is 9.87. The second kappa shape index (κ2) is 11.1. The molecule has 0 radical (unpaired) electrons. The second-order valence-electron chi connectivity index (χ2n) is 6.91. The van der Waals surface area contributed by atoms with Gasteiger partial charge in [-0.3, -0.25) is 40.9 Å². The maximum atomic E-state index is 12.2. The van der Waals surface area contributed by atoms with Gasteiger partial charge in [0.1, 0.15) is 0 Å². The summed E-state index contributed by atoms with van der Waals surface area (Å²) in [6, 6.07) is 24.0. The maximum absolute atomic E-state index is 12.2. The van der Waals surface area contributed by atoms with Crippen molar-refractivity contribution in [2.24, 2.45) is 0 Å². The van der Waals surface area contributed by atoms with Gasteiger partial charge >= 0.3 is 0 Å². The second-order valence-corrected chi connectivity index (χ2v) is 6.91. The number of rotatable bonds is 6. The van der Waals surface area contributed by atoms with Crippen LogP contribution in [-0.2, 0) is 22.4 Å². The third-order valence-electron chi connectivity index (χ3n) is 4.46. The van der Waals surface area contributed by atoms with E-state index in [1.807, 2.05) is 60.7 Å². The molecule has 4 N–H and O–H groups in total. The Kier molecular flexibility index (Phi) is 7.69. The molecule has 0 saturated heterocycles. The normalized spacial score (nSPS) is 10.0. The van der Waals surface area contributed by atoms with E-state index in [-0.39, 0.29) is 35.8 Å². The average Bonchev–Trinajstić information content (AvgIpc) is 2.82. The van der Waals surface area contributed by atoms with Crippen LogP contribution in [0.1, 0.15) is 31.8 Å². The highest BCUT2D eigenvalue weighted by Crippen LogP contribution is 2.05. The molecule has 32 heavy (non-hydrogen) atoms. The van der Waals surface area contributed by atoms with E-state index in [2.05, 4.69) is 21.7 Å². The van der Waals surface area contributed by atoms with Crippen molar-refractivity contribution < 1.29 is 19.2 Å². The minimum atomic E-state index is -0.519. The number of carbonyl (C=O) groups is 4. The summed E-state index contributed by atoms with van der Waals surface area (Å²) >= 11 is 0. The van der Waals surface area contributed by atoms with E-state index in [0.29, 0.717) is 0 Å². The third kappa shape index (κ3) is 6.81. The van der Waals surface area contributed by atoms with Crippen molar-refractivity contribution in [1.29, 1.82) is 0 Å². The van der Waals surface area contributed by atoms with E-state index in [1.54, 1.807) is 0 Å². The minimum absolute atomic E-state index is 0.135. The number of amides is 4. The van der Waals surface area contributed by atoms with E-state index in [1.165, 1.54) is 24.3 Å². The molecule has 0 aliphatic rings. The molecule has 0 aliphatic heterocycles. The third-order valence-corrected chi connectivity index (χ3v) is 4.46. The molecule has 3 aromatic rings. The molecule has 0 aliphatic carbocycles. The molecule has 0 heterocycles. The average molecular weight is 430 g/mol. The van der Waals surface area contributed by atoms with Crippen molar-refractivity contribution in [3.63, 3.8) is 0 Å². The number of nitrogens with one attached hydrogen (secondary N) is 4. The molecule has 8 heteroatoms. The fourth-order valence-corrected chi connectivity index (χ4v) is 2.82. The molecule has 0 spiro atoms. The highest BCUT2D eigenvalue weighted by atomic mass is 16.2. The van der Waals surface area contributed by atoms with Crippen LogP contribution in [0.3, 0.4) is 0 Å². The van der Waals surface area contributed by atoms with Gasteiger partial charge in [-0.1, -0.05) is 60.7 Å². The smallest absolute Gasteiger partial charge is 0.269 e. The van der Waals surface area contributed by atoms with Crippen molar-refractivity contribution in [2.45, 2.75) is 12.8 Å². The molecule has 0 unspecified atom stereocenters. The predicted octanol–water partition coefficient (Wildman–Crippen LogP) is 1.69.